The van der Waals surface area contributed by atoms with Crippen LogP contribution < -0.4 is 5.32 Å². The third kappa shape index (κ3) is 0.638. The van der Waals surface area contributed by atoms with E-state index in [1.807, 2.05) is 0 Å². The van der Waals surface area contributed by atoms with Gasteiger partial charge in [-0.15, -0.1) is 0 Å². The first-order valence-corrected chi connectivity index (χ1v) is 7.03. The van der Waals surface area contributed by atoms with E-state index < -0.39 is 0 Å². The van der Waals surface area contributed by atoms with Gasteiger partial charge in [-0.2, -0.15) is 0 Å². The first kappa shape index (κ1) is 8.11. The van der Waals surface area contributed by atoms with E-state index in [1.165, 1.54) is 35.5 Å². The van der Waals surface area contributed by atoms with Crippen LogP contribution in [0.25, 0.3) is 0 Å². The standard InChI is InChI=1S/C14H21N/c1-5(2)15-14-12-8-3-6-7-4-9(10(6)12)13(14)11(7)8/h5-15H,3-4H2,1-2H3/t6-,7+,8-,9+,10-,11-,12-,13+,14?/m1/s1. The lowest BCUT2D eigenvalue weighted by molar-refractivity contribution is 0.132. The molecule has 6 aliphatic rings. The minimum atomic E-state index is 0.699. The molecule has 0 aromatic rings. The second-order valence-electron chi connectivity index (χ2n) is 7.28. The summed E-state index contributed by atoms with van der Waals surface area (Å²) in [5.74, 6) is 9.36. The van der Waals surface area contributed by atoms with Gasteiger partial charge in [-0.1, -0.05) is 13.8 Å². The molecule has 0 amide bonds. The largest absolute Gasteiger partial charge is 0.311 e. The molecular weight excluding hydrogens is 182 g/mol. The Hall–Kier alpha value is -0.0400. The van der Waals surface area contributed by atoms with Crippen LogP contribution in [0.4, 0.5) is 0 Å². The van der Waals surface area contributed by atoms with Gasteiger partial charge in [0.2, 0.25) is 0 Å². The average molecular weight is 203 g/mol. The van der Waals surface area contributed by atoms with Crippen LogP contribution in [-0.4, -0.2) is 12.1 Å². The Balaban J connectivity index is 1.60. The Labute approximate surface area is 92.0 Å². The molecule has 6 saturated carbocycles. The average Bonchev–Trinajstić information content (AvgIpc) is 2.80. The molecule has 15 heavy (non-hydrogen) atoms. The Morgan fingerprint density at radius 3 is 1.80 bits per heavy atom. The van der Waals surface area contributed by atoms with Crippen molar-refractivity contribution >= 4 is 0 Å². The van der Waals surface area contributed by atoms with Crippen LogP contribution in [0, 0.1) is 47.3 Å². The minimum absolute atomic E-state index is 0.699. The highest BCUT2D eigenvalue weighted by molar-refractivity contribution is 5.29. The van der Waals surface area contributed by atoms with Crippen molar-refractivity contribution in [3.8, 4) is 0 Å². The lowest BCUT2D eigenvalue weighted by Gasteiger charge is -2.33. The molecule has 0 radical (unpaired) electrons. The summed E-state index contributed by atoms with van der Waals surface area (Å²) >= 11 is 0. The molecule has 1 N–H and O–H groups in total. The molecule has 6 rings (SSSR count). The Morgan fingerprint density at radius 2 is 1.33 bits per heavy atom. The first-order valence-electron chi connectivity index (χ1n) is 7.03. The summed E-state index contributed by atoms with van der Waals surface area (Å²) in [7, 11) is 0. The lowest BCUT2D eigenvalue weighted by atomic mass is 9.71. The third-order valence-electron chi connectivity index (χ3n) is 6.85. The van der Waals surface area contributed by atoms with Gasteiger partial charge in [0.25, 0.3) is 0 Å². The zero-order chi connectivity index (χ0) is 9.89. The molecule has 1 nitrogen and oxygen atoms in total. The second-order valence-corrected chi connectivity index (χ2v) is 7.28. The van der Waals surface area contributed by atoms with Gasteiger partial charge in [0, 0.05) is 12.1 Å². The predicted molar refractivity (Wildman–Crippen MR) is 59.2 cm³/mol. The summed E-state index contributed by atoms with van der Waals surface area (Å²) in [6, 6.07) is 1.64. The molecule has 82 valence electrons. The van der Waals surface area contributed by atoms with Crippen LogP contribution in [0.1, 0.15) is 26.7 Å². The zero-order valence-corrected chi connectivity index (χ0v) is 9.69. The van der Waals surface area contributed by atoms with Gasteiger partial charge in [-0.25, -0.2) is 0 Å². The van der Waals surface area contributed by atoms with E-state index in [0.717, 1.165) is 17.9 Å². The van der Waals surface area contributed by atoms with Crippen molar-refractivity contribution in [3.63, 3.8) is 0 Å². The molecule has 0 heterocycles. The fourth-order valence-corrected chi connectivity index (χ4v) is 7.23. The molecule has 0 aromatic heterocycles. The normalized spacial score (nSPS) is 71.0. The summed E-state index contributed by atoms with van der Waals surface area (Å²) in [6.07, 6.45) is 3.27. The fraction of sp³-hybridized carbons (Fsp3) is 1.00. The summed E-state index contributed by atoms with van der Waals surface area (Å²) in [6.45, 7) is 4.66. The van der Waals surface area contributed by atoms with Crippen LogP contribution in [-0.2, 0) is 0 Å². The number of hydrogen-bond acceptors (Lipinski definition) is 1. The van der Waals surface area contributed by atoms with Crippen molar-refractivity contribution in [1.29, 1.82) is 0 Å². The van der Waals surface area contributed by atoms with E-state index >= 15 is 0 Å². The molecular formula is C14H21N. The quantitative estimate of drug-likeness (QED) is 0.725. The molecule has 6 bridgehead atoms. The van der Waals surface area contributed by atoms with Crippen molar-refractivity contribution in [2.75, 3.05) is 0 Å². The van der Waals surface area contributed by atoms with Gasteiger partial charge in [-0.05, 0) is 60.2 Å². The molecule has 0 aromatic carbocycles. The lowest BCUT2D eigenvalue weighted by Crippen LogP contribution is -2.39. The highest BCUT2D eigenvalue weighted by Crippen LogP contribution is 2.82. The van der Waals surface area contributed by atoms with Crippen LogP contribution in [0.3, 0.4) is 0 Å². The molecule has 9 atom stereocenters. The van der Waals surface area contributed by atoms with E-state index in [9.17, 15) is 0 Å². The monoisotopic (exact) mass is 203 g/mol. The number of nitrogens with one attached hydrogen (secondary N) is 1. The number of hydrogen-bond donors (Lipinski definition) is 1. The van der Waals surface area contributed by atoms with Crippen molar-refractivity contribution in [2.24, 2.45) is 47.3 Å². The van der Waals surface area contributed by atoms with Gasteiger partial charge >= 0.3 is 0 Å². The van der Waals surface area contributed by atoms with E-state index in [0.29, 0.717) is 6.04 Å². The summed E-state index contributed by atoms with van der Waals surface area (Å²) in [4.78, 5) is 0. The van der Waals surface area contributed by atoms with Gasteiger partial charge < -0.3 is 5.32 Å². The van der Waals surface area contributed by atoms with Crippen LogP contribution in [0.5, 0.6) is 0 Å². The molecule has 0 aliphatic heterocycles. The van der Waals surface area contributed by atoms with E-state index in [2.05, 4.69) is 19.2 Å². The third-order valence-corrected chi connectivity index (χ3v) is 6.85. The summed E-state index contributed by atoms with van der Waals surface area (Å²) in [5.41, 5.74) is 0. The first-order chi connectivity index (χ1) is 7.27. The number of rotatable bonds is 2. The molecule has 6 fully saturated rings. The van der Waals surface area contributed by atoms with Crippen LogP contribution in [0.2, 0.25) is 0 Å². The van der Waals surface area contributed by atoms with Gasteiger partial charge in [-0.3, -0.25) is 0 Å². The highest BCUT2D eigenvalue weighted by atomic mass is 15.0. The second kappa shape index (κ2) is 2.16. The SMILES string of the molecule is CC(C)NC1[C@@H]2[C@@H]3C[C@@H]4[C@@H]5C[C@H]([C@H]1[C@H]53)[C@@H]42. The highest BCUT2D eigenvalue weighted by Gasteiger charge is 2.80. The zero-order valence-electron chi connectivity index (χ0n) is 9.69. The predicted octanol–water partition coefficient (Wildman–Crippen LogP) is 2.13. The minimum Gasteiger partial charge on any atom is -0.311 e. The molecule has 0 saturated heterocycles. The maximum Gasteiger partial charge on any atom is 0.0137 e. The van der Waals surface area contributed by atoms with Crippen LogP contribution in [0.15, 0.2) is 0 Å². The topological polar surface area (TPSA) is 12.0 Å². The van der Waals surface area contributed by atoms with Gasteiger partial charge in [0.15, 0.2) is 0 Å². The van der Waals surface area contributed by atoms with Gasteiger partial charge in [0.05, 0.1) is 0 Å². The molecule has 1 heteroatoms. The van der Waals surface area contributed by atoms with E-state index in [1.54, 1.807) is 12.8 Å². The summed E-state index contributed by atoms with van der Waals surface area (Å²) < 4.78 is 0. The molecule has 0 spiro atoms. The van der Waals surface area contributed by atoms with Crippen LogP contribution >= 0.6 is 0 Å². The van der Waals surface area contributed by atoms with Gasteiger partial charge in [0.1, 0.15) is 0 Å². The molecule has 6 aliphatic carbocycles. The van der Waals surface area contributed by atoms with E-state index in [4.69, 9.17) is 0 Å². The smallest absolute Gasteiger partial charge is 0.0137 e. The molecule has 1 unspecified atom stereocenters. The van der Waals surface area contributed by atoms with Crippen molar-refractivity contribution in [3.05, 3.63) is 0 Å². The summed E-state index contributed by atoms with van der Waals surface area (Å²) in [5, 5.41) is 3.92. The van der Waals surface area contributed by atoms with Crippen molar-refractivity contribution in [1.82, 2.24) is 5.32 Å². The van der Waals surface area contributed by atoms with Crippen molar-refractivity contribution < 1.29 is 0 Å². The maximum absolute atomic E-state index is 3.92. The Kier molecular flexibility index (Phi) is 1.17. The Bertz CT molecular complexity index is 308. The Morgan fingerprint density at radius 1 is 0.800 bits per heavy atom. The maximum atomic E-state index is 3.92. The fourth-order valence-electron chi connectivity index (χ4n) is 7.23. The van der Waals surface area contributed by atoms with E-state index in [-0.39, 0.29) is 0 Å². The van der Waals surface area contributed by atoms with Crippen molar-refractivity contribution in [2.45, 2.75) is 38.8 Å².